The van der Waals surface area contributed by atoms with Crippen LogP contribution in [0.25, 0.3) is 11.1 Å². The number of thioether (sulfide) groups is 1. The third kappa shape index (κ3) is 7.88. The lowest BCUT2D eigenvalue weighted by Gasteiger charge is -2.28. The summed E-state index contributed by atoms with van der Waals surface area (Å²) in [6.07, 6.45) is 1.29. The van der Waals surface area contributed by atoms with Crippen LogP contribution in [0.15, 0.2) is 63.7 Å². The summed E-state index contributed by atoms with van der Waals surface area (Å²) in [6.45, 7) is 8.63. The van der Waals surface area contributed by atoms with Gasteiger partial charge >= 0.3 is 12.1 Å². The molecule has 1 aromatic heterocycles. The lowest BCUT2D eigenvalue weighted by atomic mass is 9.97. The second-order valence-corrected chi connectivity index (χ2v) is 14.7. The molecule has 0 saturated carbocycles. The summed E-state index contributed by atoms with van der Waals surface area (Å²) in [4.78, 5) is 39.4. The first-order valence-electron chi connectivity index (χ1n) is 13.7. The third-order valence-corrected chi connectivity index (χ3v) is 10.6. The zero-order chi connectivity index (χ0) is 32.8. The molecular weight excluding hydrogens is 623 g/mol. The number of thiophene rings is 1. The number of nitrogens with zero attached hydrogens (tertiary/aromatic N) is 1. The maximum atomic E-state index is 14.7. The third-order valence-electron chi connectivity index (χ3n) is 6.34. The molecule has 1 heterocycles. The molecule has 0 aliphatic heterocycles. The van der Waals surface area contributed by atoms with Crippen LogP contribution < -0.4 is 9.62 Å². The van der Waals surface area contributed by atoms with Crippen LogP contribution in [-0.2, 0) is 29.1 Å². The van der Waals surface area contributed by atoms with Gasteiger partial charge in [-0.1, -0.05) is 55.8 Å². The molecule has 0 saturated heterocycles. The molecule has 0 bridgehead atoms. The van der Waals surface area contributed by atoms with Crippen molar-refractivity contribution in [1.29, 1.82) is 5.41 Å². The summed E-state index contributed by atoms with van der Waals surface area (Å²) in [5.74, 6) is -3.54. The maximum Gasteiger partial charge on any atom is 0.413 e. The number of carbonyl (C=O) groups excluding carboxylic acids is 3. The quantitative estimate of drug-likeness (QED) is 0.0814. The number of hydrogen-bond acceptors (Lipinski definition) is 10. The molecule has 0 aliphatic rings. The van der Waals surface area contributed by atoms with Crippen LogP contribution in [0.2, 0.25) is 0 Å². The molecule has 0 fully saturated rings. The van der Waals surface area contributed by atoms with Gasteiger partial charge in [0.1, 0.15) is 22.3 Å². The number of anilines is 1. The van der Waals surface area contributed by atoms with Gasteiger partial charge in [-0.25, -0.2) is 17.5 Å². The van der Waals surface area contributed by atoms with Gasteiger partial charge in [0.2, 0.25) is 0 Å². The van der Waals surface area contributed by atoms with Crippen molar-refractivity contribution in [2.45, 2.75) is 62.2 Å². The summed E-state index contributed by atoms with van der Waals surface area (Å²) in [5, 5.41) is 10.8. The average Bonchev–Trinajstić information content (AvgIpc) is 3.41. The van der Waals surface area contributed by atoms with Crippen LogP contribution in [0.5, 0.6) is 0 Å². The first-order valence-corrected chi connectivity index (χ1v) is 17.2. The van der Waals surface area contributed by atoms with Crippen molar-refractivity contribution in [3.8, 4) is 11.1 Å². The van der Waals surface area contributed by atoms with E-state index in [-0.39, 0.29) is 31.9 Å². The zero-order valence-electron chi connectivity index (χ0n) is 25.7. The summed E-state index contributed by atoms with van der Waals surface area (Å²) >= 11 is 2.09. The Morgan fingerprint density at radius 2 is 1.75 bits per heavy atom. The molecule has 2 amide bonds. The molecule has 0 spiro atoms. The SMILES string of the molecule is CCCC(C(=O)OC)C(=O)N(c1cccc(C)c1-c1ccccc1)S(=O)(=O)c1cc(C(=N)NC(=O)OC(C)(C)C)sc1SC. The van der Waals surface area contributed by atoms with Crippen molar-refractivity contribution < 1.29 is 32.3 Å². The van der Waals surface area contributed by atoms with Crippen molar-refractivity contribution in [2.24, 2.45) is 5.92 Å². The normalized spacial score (nSPS) is 12.2. The highest BCUT2D eigenvalue weighted by Gasteiger charge is 2.42. The lowest BCUT2D eigenvalue weighted by Crippen LogP contribution is -2.44. The average molecular weight is 660 g/mol. The van der Waals surface area contributed by atoms with E-state index in [0.717, 1.165) is 30.2 Å². The number of nitrogens with one attached hydrogen (secondary N) is 2. The molecule has 3 rings (SSSR count). The van der Waals surface area contributed by atoms with Crippen molar-refractivity contribution in [1.82, 2.24) is 5.32 Å². The van der Waals surface area contributed by atoms with Crippen LogP contribution in [0.1, 0.15) is 51.0 Å². The number of benzene rings is 2. The summed E-state index contributed by atoms with van der Waals surface area (Å²) in [7, 11) is -3.54. The number of rotatable bonds is 10. The summed E-state index contributed by atoms with van der Waals surface area (Å²) in [6, 6.07) is 15.3. The largest absolute Gasteiger partial charge is 0.468 e. The number of sulfonamides is 1. The minimum absolute atomic E-state index is 0.0682. The fourth-order valence-corrected chi connectivity index (χ4v) is 8.53. The fraction of sp³-hybridized carbons (Fsp3) is 0.355. The molecule has 44 heavy (non-hydrogen) atoms. The highest BCUT2D eigenvalue weighted by atomic mass is 32.2. The van der Waals surface area contributed by atoms with E-state index >= 15 is 0 Å². The van der Waals surface area contributed by atoms with Crippen molar-refractivity contribution >= 4 is 62.6 Å². The van der Waals surface area contributed by atoms with E-state index in [2.05, 4.69) is 5.32 Å². The van der Waals surface area contributed by atoms with Crippen LogP contribution in [0, 0.1) is 18.3 Å². The van der Waals surface area contributed by atoms with Gasteiger partial charge in [0.05, 0.1) is 21.9 Å². The minimum Gasteiger partial charge on any atom is -0.468 e. The molecule has 10 nitrogen and oxygen atoms in total. The van der Waals surface area contributed by atoms with Gasteiger partial charge in [-0.2, -0.15) is 0 Å². The van der Waals surface area contributed by atoms with E-state index in [9.17, 15) is 22.8 Å². The molecule has 0 aliphatic carbocycles. The van der Waals surface area contributed by atoms with E-state index in [1.807, 2.05) is 31.2 Å². The number of amides is 2. The first-order chi connectivity index (χ1) is 20.7. The van der Waals surface area contributed by atoms with Crippen LogP contribution in [0.3, 0.4) is 0 Å². The smallest absolute Gasteiger partial charge is 0.413 e. The maximum absolute atomic E-state index is 14.7. The standard InChI is InChI=1S/C31H37N3O7S3/c1-8-13-21(28(36)40-6)27(35)34(22-17-12-14-19(2)25(22)20-15-10-9-11-16-20)44(38,39)24-18-23(43-29(24)42-7)26(32)33-30(37)41-31(3,4)5/h9-12,14-18,21H,8,13H2,1-7H3,(H2,32,33,37). The van der Waals surface area contributed by atoms with Crippen LogP contribution >= 0.6 is 23.1 Å². The second kappa shape index (κ2) is 14.4. The number of ether oxygens (including phenoxy) is 2. The van der Waals surface area contributed by atoms with Crippen LogP contribution in [-0.4, -0.2) is 51.2 Å². The number of esters is 1. The highest BCUT2D eigenvalue weighted by molar-refractivity contribution is 8.01. The van der Waals surface area contributed by atoms with Gasteiger partial charge in [-0.3, -0.25) is 20.3 Å². The van der Waals surface area contributed by atoms with Gasteiger partial charge in [0, 0.05) is 5.56 Å². The number of alkyl carbamates (subject to hydrolysis) is 1. The Labute approximate surface area is 266 Å². The number of methoxy groups -OCH3 is 1. The second-order valence-electron chi connectivity index (χ2n) is 10.8. The fourth-order valence-electron chi connectivity index (χ4n) is 4.45. The van der Waals surface area contributed by atoms with Crippen molar-refractivity contribution in [3.63, 3.8) is 0 Å². The highest BCUT2D eigenvalue weighted by Crippen LogP contribution is 2.41. The number of carbonyl (C=O) groups is 3. The monoisotopic (exact) mass is 659 g/mol. The van der Waals surface area contributed by atoms with E-state index in [0.29, 0.717) is 27.4 Å². The Hall–Kier alpha value is -3.68. The zero-order valence-corrected chi connectivity index (χ0v) is 28.2. The Bertz CT molecular complexity index is 1650. The molecule has 13 heteroatoms. The van der Waals surface area contributed by atoms with E-state index < -0.39 is 39.5 Å². The van der Waals surface area contributed by atoms with Gasteiger partial charge in [-0.05, 0) is 63.6 Å². The predicted octanol–water partition coefficient (Wildman–Crippen LogP) is 6.61. The first kappa shape index (κ1) is 34.8. The van der Waals surface area contributed by atoms with E-state index in [1.54, 1.807) is 52.1 Å². The molecule has 1 unspecified atom stereocenters. The van der Waals surface area contributed by atoms with Gasteiger partial charge in [0.25, 0.3) is 15.9 Å². The molecule has 0 radical (unpaired) electrons. The van der Waals surface area contributed by atoms with Crippen molar-refractivity contribution in [3.05, 3.63) is 65.0 Å². The molecule has 2 N–H and O–H groups in total. The molecule has 3 aromatic rings. The lowest BCUT2D eigenvalue weighted by molar-refractivity contribution is -0.149. The van der Waals surface area contributed by atoms with E-state index in [1.165, 1.54) is 12.1 Å². The predicted molar refractivity (Wildman–Crippen MR) is 174 cm³/mol. The topological polar surface area (TPSA) is 143 Å². The van der Waals surface area contributed by atoms with Gasteiger partial charge < -0.3 is 9.47 Å². The Morgan fingerprint density at radius 1 is 1.09 bits per heavy atom. The van der Waals surface area contributed by atoms with E-state index in [4.69, 9.17) is 14.9 Å². The Morgan fingerprint density at radius 3 is 2.32 bits per heavy atom. The van der Waals surface area contributed by atoms with Gasteiger partial charge in [0.15, 0.2) is 0 Å². The van der Waals surface area contributed by atoms with Gasteiger partial charge in [-0.15, -0.1) is 23.1 Å². The molecule has 236 valence electrons. The molecular formula is C31H37N3O7S3. The van der Waals surface area contributed by atoms with Crippen molar-refractivity contribution in [2.75, 3.05) is 17.7 Å². The Kier molecular flexibility index (Phi) is 11.4. The Balaban J connectivity index is 2.26. The number of aryl methyl sites for hydroxylation is 1. The molecule has 1 atom stereocenters. The minimum atomic E-state index is -4.69. The summed E-state index contributed by atoms with van der Waals surface area (Å²) < 4.78 is 40.5. The summed E-state index contributed by atoms with van der Waals surface area (Å²) in [5.41, 5.74) is 1.17. The molecule has 2 aromatic carbocycles. The van der Waals surface area contributed by atoms with Crippen LogP contribution in [0.4, 0.5) is 10.5 Å². The number of amidine groups is 1. The number of hydrogen-bond donors (Lipinski definition) is 2.